The van der Waals surface area contributed by atoms with Crippen LogP contribution >= 0.6 is 0 Å². The molecule has 3 heteroatoms. The molecular weight excluding hydrogens is 387 g/mol. The number of esters is 1. The fraction of sp³-hybridized carbons (Fsp3) is 0.607. The molecule has 2 aromatic rings. The molecule has 0 aliphatic heterocycles. The van der Waals surface area contributed by atoms with E-state index < -0.39 is 11.8 Å². The molecule has 2 fully saturated rings. The van der Waals surface area contributed by atoms with Crippen LogP contribution in [-0.2, 0) is 4.74 Å². The van der Waals surface area contributed by atoms with Gasteiger partial charge in [0.2, 0.25) is 0 Å². The molecule has 0 amide bonds. The lowest BCUT2D eigenvalue weighted by atomic mass is 9.63. The van der Waals surface area contributed by atoms with E-state index in [0.717, 1.165) is 23.1 Å². The van der Waals surface area contributed by atoms with Crippen LogP contribution in [0.3, 0.4) is 0 Å². The van der Waals surface area contributed by atoms with Gasteiger partial charge in [-0.3, -0.25) is 0 Å². The summed E-state index contributed by atoms with van der Waals surface area (Å²) in [6.07, 6.45) is 15.1. The number of fused-ring (bicyclic) bond motifs is 2. The highest BCUT2D eigenvalue weighted by molar-refractivity contribution is 5.96. The molecule has 0 heterocycles. The zero-order valence-electron chi connectivity index (χ0n) is 19.2. The van der Waals surface area contributed by atoms with E-state index in [1.807, 2.05) is 12.1 Å². The quantitative estimate of drug-likeness (QED) is 0.332. The Morgan fingerprint density at radius 3 is 2.61 bits per heavy atom. The minimum atomic E-state index is -0.622. The summed E-state index contributed by atoms with van der Waals surface area (Å²) in [5, 5.41) is 1.38. The maximum absolute atomic E-state index is 14.8. The number of unbranched alkanes of at least 4 members (excludes halogenated alkanes) is 3. The standard InChI is InChI=1S/C28H37FO2/c1-3-4-5-6-7-19-8-9-21-17-22(11-10-20(21)16-19)23-12-14-25-24(18-23)13-15-26(27(25)29)28(30)31-2/h12-15,18-22H,3-11,16-17H2,1-2H3. The van der Waals surface area contributed by atoms with E-state index in [-0.39, 0.29) is 5.56 Å². The number of hydrogen-bond acceptors (Lipinski definition) is 2. The van der Waals surface area contributed by atoms with Crippen molar-refractivity contribution in [3.05, 3.63) is 47.3 Å². The van der Waals surface area contributed by atoms with E-state index in [0.29, 0.717) is 11.3 Å². The minimum absolute atomic E-state index is 0.00899. The zero-order valence-corrected chi connectivity index (χ0v) is 19.2. The number of hydrogen-bond donors (Lipinski definition) is 0. The maximum atomic E-state index is 14.8. The second-order valence-electron chi connectivity index (χ2n) is 9.96. The highest BCUT2D eigenvalue weighted by Gasteiger charge is 2.35. The predicted molar refractivity (Wildman–Crippen MR) is 125 cm³/mol. The van der Waals surface area contributed by atoms with Crippen molar-refractivity contribution in [1.29, 1.82) is 0 Å². The number of rotatable bonds is 7. The summed E-state index contributed by atoms with van der Waals surface area (Å²) in [6, 6.07) is 9.47. The molecule has 2 aromatic carbocycles. The molecule has 2 nitrogen and oxygen atoms in total. The van der Waals surface area contributed by atoms with Gasteiger partial charge in [-0.2, -0.15) is 0 Å². The molecule has 2 saturated carbocycles. The summed E-state index contributed by atoms with van der Waals surface area (Å²) >= 11 is 0. The third-order valence-corrected chi connectivity index (χ3v) is 8.04. The molecule has 0 N–H and O–H groups in total. The maximum Gasteiger partial charge on any atom is 0.340 e. The topological polar surface area (TPSA) is 26.3 Å². The second kappa shape index (κ2) is 10.1. The van der Waals surface area contributed by atoms with Crippen LogP contribution in [0.1, 0.15) is 99.4 Å². The molecule has 0 spiro atoms. The van der Waals surface area contributed by atoms with Gasteiger partial charge in [0.25, 0.3) is 0 Å². The van der Waals surface area contributed by atoms with E-state index in [4.69, 9.17) is 4.74 Å². The van der Waals surface area contributed by atoms with Crippen molar-refractivity contribution >= 4 is 16.7 Å². The number of methoxy groups -OCH3 is 1. The van der Waals surface area contributed by atoms with Crippen molar-refractivity contribution in [1.82, 2.24) is 0 Å². The molecule has 4 atom stereocenters. The predicted octanol–water partition coefficient (Wildman–Crippen LogP) is 8.04. The summed E-state index contributed by atoms with van der Waals surface area (Å²) in [5.74, 6) is 2.22. The van der Waals surface area contributed by atoms with Gasteiger partial charge in [-0.15, -0.1) is 0 Å². The Labute approximate surface area is 186 Å². The van der Waals surface area contributed by atoms with Gasteiger partial charge in [0, 0.05) is 5.39 Å². The first kappa shape index (κ1) is 22.3. The highest BCUT2D eigenvalue weighted by Crippen LogP contribution is 2.48. The van der Waals surface area contributed by atoms with Gasteiger partial charge in [0.05, 0.1) is 12.7 Å². The van der Waals surface area contributed by atoms with Gasteiger partial charge >= 0.3 is 5.97 Å². The van der Waals surface area contributed by atoms with Gasteiger partial charge in [-0.05, 0) is 72.8 Å². The Kier molecular flexibility index (Phi) is 7.30. The normalized spacial score (nSPS) is 25.9. The first-order valence-corrected chi connectivity index (χ1v) is 12.4. The van der Waals surface area contributed by atoms with E-state index in [1.54, 1.807) is 6.07 Å². The van der Waals surface area contributed by atoms with Crippen molar-refractivity contribution in [2.75, 3.05) is 7.11 Å². The monoisotopic (exact) mass is 424 g/mol. The minimum Gasteiger partial charge on any atom is -0.465 e. The lowest BCUT2D eigenvalue weighted by Gasteiger charge is -2.42. The lowest BCUT2D eigenvalue weighted by Crippen LogP contribution is -2.30. The van der Waals surface area contributed by atoms with Crippen LogP contribution in [0.2, 0.25) is 0 Å². The largest absolute Gasteiger partial charge is 0.465 e. The SMILES string of the molecule is CCCCCCC1CCC2CC(c3ccc4c(F)c(C(=O)OC)ccc4c3)CCC2C1. The summed E-state index contributed by atoms with van der Waals surface area (Å²) < 4.78 is 19.5. The van der Waals surface area contributed by atoms with Gasteiger partial charge in [0.1, 0.15) is 5.82 Å². The molecule has 0 bridgehead atoms. The van der Waals surface area contributed by atoms with Crippen LogP contribution in [0.25, 0.3) is 10.8 Å². The Bertz CT molecular complexity index is 905. The average Bonchev–Trinajstić information content (AvgIpc) is 2.81. The van der Waals surface area contributed by atoms with Crippen LogP contribution in [0.5, 0.6) is 0 Å². The van der Waals surface area contributed by atoms with Crippen LogP contribution in [0.15, 0.2) is 30.3 Å². The first-order chi connectivity index (χ1) is 15.1. The lowest BCUT2D eigenvalue weighted by molar-refractivity contribution is 0.0596. The molecule has 0 radical (unpaired) electrons. The summed E-state index contributed by atoms with van der Waals surface area (Å²) in [5.41, 5.74) is 1.34. The molecule has 0 aromatic heterocycles. The van der Waals surface area contributed by atoms with E-state index in [2.05, 4.69) is 19.1 Å². The summed E-state index contributed by atoms with van der Waals surface area (Å²) in [7, 11) is 1.28. The van der Waals surface area contributed by atoms with Crippen molar-refractivity contribution in [2.24, 2.45) is 17.8 Å². The van der Waals surface area contributed by atoms with E-state index >= 15 is 0 Å². The van der Waals surface area contributed by atoms with Crippen LogP contribution in [0, 0.1) is 23.6 Å². The van der Waals surface area contributed by atoms with Crippen LogP contribution in [0.4, 0.5) is 4.39 Å². The third-order valence-electron chi connectivity index (χ3n) is 8.04. The van der Waals surface area contributed by atoms with Crippen molar-refractivity contribution < 1.29 is 13.9 Å². The second-order valence-corrected chi connectivity index (χ2v) is 9.96. The Morgan fingerprint density at radius 1 is 1.00 bits per heavy atom. The van der Waals surface area contributed by atoms with Gasteiger partial charge in [0.15, 0.2) is 0 Å². The van der Waals surface area contributed by atoms with Crippen molar-refractivity contribution in [2.45, 2.75) is 83.5 Å². The van der Waals surface area contributed by atoms with Crippen LogP contribution < -0.4 is 0 Å². The first-order valence-electron chi connectivity index (χ1n) is 12.4. The van der Waals surface area contributed by atoms with Crippen molar-refractivity contribution in [3.8, 4) is 0 Å². The Hall–Kier alpha value is -1.90. The Morgan fingerprint density at radius 2 is 1.81 bits per heavy atom. The van der Waals surface area contributed by atoms with Gasteiger partial charge < -0.3 is 4.74 Å². The number of ether oxygens (including phenoxy) is 1. The van der Waals surface area contributed by atoms with E-state index in [9.17, 15) is 9.18 Å². The number of carbonyl (C=O) groups excluding carboxylic acids is 1. The number of halogens is 1. The molecule has 2 aliphatic rings. The smallest absolute Gasteiger partial charge is 0.340 e. The summed E-state index contributed by atoms with van der Waals surface area (Å²) in [4.78, 5) is 11.8. The average molecular weight is 425 g/mol. The molecule has 0 saturated heterocycles. The molecule has 31 heavy (non-hydrogen) atoms. The van der Waals surface area contributed by atoms with Crippen LogP contribution in [-0.4, -0.2) is 13.1 Å². The molecular formula is C28H37FO2. The summed E-state index contributed by atoms with van der Waals surface area (Å²) in [6.45, 7) is 2.29. The van der Waals surface area contributed by atoms with Gasteiger partial charge in [-0.1, -0.05) is 69.7 Å². The molecule has 4 unspecified atom stereocenters. The fourth-order valence-electron chi connectivity index (χ4n) is 6.24. The number of benzene rings is 2. The van der Waals surface area contributed by atoms with E-state index in [1.165, 1.54) is 83.3 Å². The zero-order chi connectivity index (χ0) is 21.8. The fourth-order valence-corrected chi connectivity index (χ4v) is 6.24. The highest BCUT2D eigenvalue weighted by atomic mass is 19.1. The number of carbonyl (C=O) groups is 1. The third kappa shape index (κ3) is 4.96. The van der Waals surface area contributed by atoms with Gasteiger partial charge in [-0.25, -0.2) is 9.18 Å². The Balaban J connectivity index is 1.40. The molecule has 2 aliphatic carbocycles. The van der Waals surface area contributed by atoms with Crippen molar-refractivity contribution in [3.63, 3.8) is 0 Å². The molecule has 4 rings (SSSR count). The molecule has 168 valence electrons.